The Morgan fingerprint density at radius 2 is 1.03 bits per heavy atom. The predicted octanol–water partition coefficient (Wildman–Crippen LogP) is 8.37. The molecule has 2 fully saturated rings. The highest BCUT2D eigenvalue weighted by atomic mass is 35.5. The van der Waals surface area contributed by atoms with Gasteiger partial charge in [0.25, 0.3) is 43.2 Å². The van der Waals surface area contributed by atoms with Gasteiger partial charge in [0, 0.05) is 106 Å². The van der Waals surface area contributed by atoms with E-state index < -0.39 is 41.7 Å². The first-order valence-corrected chi connectivity index (χ1v) is 27.0. The van der Waals surface area contributed by atoms with E-state index in [4.69, 9.17) is 16.3 Å². The fraction of sp³-hybridized carbons (Fsp3) is 0.277. The van der Waals surface area contributed by atoms with Gasteiger partial charge in [-0.3, -0.25) is 29.8 Å². The lowest BCUT2D eigenvalue weighted by Gasteiger charge is -2.31. The number of hydrogen-bond donors (Lipinski definition) is 4. The Morgan fingerprint density at radius 1 is 0.620 bits per heavy atom. The molecule has 8 rings (SSSR count). The summed E-state index contributed by atoms with van der Waals surface area (Å²) in [6.45, 7) is 1.95. The first-order chi connectivity index (χ1) is 34.0. The maximum Gasteiger partial charge on any atom is 0.269 e. The van der Waals surface area contributed by atoms with Gasteiger partial charge in [0.15, 0.2) is 0 Å². The zero-order valence-corrected chi connectivity index (χ0v) is 42.1. The molecule has 0 atom stereocenters. The van der Waals surface area contributed by atoms with E-state index in [1.165, 1.54) is 57.1 Å². The monoisotopic (exact) mass is 1060 g/mol. The zero-order valence-electron chi connectivity index (χ0n) is 38.1. The van der Waals surface area contributed by atoms with Gasteiger partial charge in [-0.15, -0.1) is 22.7 Å². The Morgan fingerprint density at radius 3 is 1.42 bits per heavy atom. The molecule has 2 aliphatic rings. The summed E-state index contributed by atoms with van der Waals surface area (Å²) in [5.41, 5.74) is 2.23. The van der Waals surface area contributed by atoms with Crippen molar-refractivity contribution in [1.29, 1.82) is 0 Å². The fourth-order valence-electron chi connectivity index (χ4n) is 7.69. The van der Waals surface area contributed by atoms with Crippen molar-refractivity contribution in [2.24, 2.45) is 0 Å². The van der Waals surface area contributed by atoms with Crippen molar-refractivity contribution in [2.75, 3.05) is 43.9 Å². The normalized spacial score (nSPS) is 14.9. The van der Waals surface area contributed by atoms with Gasteiger partial charge < -0.3 is 26.0 Å². The largest absolute Gasteiger partial charge is 0.497 e. The van der Waals surface area contributed by atoms with E-state index in [0.717, 1.165) is 39.8 Å². The quantitative estimate of drug-likeness (QED) is 0.0495. The highest BCUT2D eigenvalue weighted by Crippen LogP contribution is 2.30. The van der Waals surface area contributed by atoms with Gasteiger partial charge in [-0.2, -0.15) is 8.61 Å². The van der Waals surface area contributed by atoms with Crippen LogP contribution in [0.15, 0.2) is 130 Å². The smallest absolute Gasteiger partial charge is 0.269 e. The number of nitrogens with zero attached hydrogens (tertiary/aromatic N) is 4. The lowest BCUT2D eigenvalue weighted by Crippen LogP contribution is -2.42. The predicted molar refractivity (Wildman–Crippen MR) is 272 cm³/mol. The lowest BCUT2D eigenvalue weighted by molar-refractivity contribution is -0.385. The molecule has 2 aromatic heterocycles. The number of benzene rings is 4. The van der Waals surface area contributed by atoms with Crippen LogP contribution in [0.2, 0.25) is 5.02 Å². The molecule has 0 radical (unpaired) electrons. The third-order valence-electron chi connectivity index (χ3n) is 11.5. The molecular formula is C47H49ClN8O11S4. The molecule has 0 saturated carbocycles. The highest BCUT2D eigenvalue weighted by molar-refractivity contribution is 7.91. The Labute approximate surface area is 423 Å². The molecule has 24 heteroatoms. The second kappa shape index (κ2) is 23.6. The first kappa shape index (κ1) is 52.4. The van der Waals surface area contributed by atoms with Crippen molar-refractivity contribution >= 4 is 88.9 Å². The number of nitrogens with one attached hydrogen (secondary N) is 4. The van der Waals surface area contributed by atoms with Crippen LogP contribution in [-0.4, -0.2) is 92.5 Å². The molecule has 71 heavy (non-hydrogen) atoms. The van der Waals surface area contributed by atoms with Crippen molar-refractivity contribution < 1.29 is 41.0 Å². The second-order valence-electron chi connectivity index (χ2n) is 16.3. The number of non-ortho nitro benzene ring substituents is 2. The van der Waals surface area contributed by atoms with Gasteiger partial charge in [-0.05, 0) is 105 Å². The number of nitro groups is 2. The van der Waals surface area contributed by atoms with Crippen molar-refractivity contribution in [1.82, 2.24) is 19.2 Å². The van der Waals surface area contributed by atoms with Crippen LogP contribution < -0.4 is 26.0 Å². The molecule has 2 aliphatic heterocycles. The van der Waals surface area contributed by atoms with Crippen LogP contribution >= 0.6 is 34.3 Å². The SMILES string of the molecule is COc1cccc(NC2CCN(S(=O)(=O)c3ccc(CNC(=O)c4ccc([N+](=O)[O-])cc4)s3)CC2)c1.O=C(NCc1ccc(S(=O)(=O)N2CCC(Nc3cccc(Cl)c3)CC2)s1)c1ccc([N+](=O)[O-])cc1. The molecular weight excluding hydrogens is 1020 g/mol. The molecule has 374 valence electrons. The summed E-state index contributed by atoms with van der Waals surface area (Å²) < 4.78 is 61.2. The minimum Gasteiger partial charge on any atom is -0.497 e. The number of sulfonamides is 2. The number of halogens is 1. The number of carbonyl (C=O) groups excluding carboxylic acids is 2. The number of carbonyl (C=O) groups is 2. The van der Waals surface area contributed by atoms with E-state index in [1.807, 2.05) is 42.5 Å². The molecule has 0 spiro atoms. The molecule has 4 N–H and O–H groups in total. The molecule has 2 amide bonds. The molecule has 4 heterocycles. The Bertz CT molecular complexity index is 3070. The van der Waals surface area contributed by atoms with E-state index in [0.29, 0.717) is 66.6 Å². The molecule has 4 aromatic carbocycles. The molecule has 0 bridgehead atoms. The van der Waals surface area contributed by atoms with Crippen LogP contribution in [-0.2, 0) is 33.1 Å². The highest BCUT2D eigenvalue weighted by Gasteiger charge is 2.32. The van der Waals surface area contributed by atoms with Crippen LogP contribution in [0.4, 0.5) is 22.7 Å². The average molecular weight is 1070 g/mol. The number of thiophene rings is 2. The summed E-state index contributed by atoms with van der Waals surface area (Å²) in [5.74, 6) is -0.0299. The van der Waals surface area contributed by atoms with Crippen LogP contribution in [0.1, 0.15) is 56.2 Å². The van der Waals surface area contributed by atoms with Crippen LogP contribution in [0.3, 0.4) is 0 Å². The third-order valence-corrected chi connectivity index (χ3v) is 18.7. The Hall–Kier alpha value is -6.47. The number of hydrogen-bond acceptors (Lipinski definition) is 15. The lowest BCUT2D eigenvalue weighted by atomic mass is 10.1. The minimum atomic E-state index is -3.62. The number of piperidine rings is 2. The number of ether oxygens (including phenoxy) is 1. The molecule has 0 unspecified atom stereocenters. The molecule has 2 saturated heterocycles. The molecule has 19 nitrogen and oxygen atoms in total. The summed E-state index contributed by atoms with van der Waals surface area (Å²) in [4.78, 5) is 46.5. The van der Waals surface area contributed by atoms with Crippen molar-refractivity contribution in [2.45, 2.75) is 59.3 Å². The zero-order chi connectivity index (χ0) is 50.7. The number of anilines is 2. The Balaban J connectivity index is 0.000000209. The summed E-state index contributed by atoms with van der Waals surface area (Å²) in [6.07, 6.45) is 2.71. The third kappa shape index (κ3) is 13.9. The average Bonchev–Trinajstić information content (AvgIpc) is 4.07. The maximum absolute atomic E-state index is 13.2. The van der Waals surface area contributed by atoms with Gasteiger partial charge in [-0.25, -0.2) is 16.8 Å². The summed E-state index contributed by atoms with van der Waals surface area (Å²) in [6, 6.07) is 32.5. The number of amides is 2. The molecule has 0 aliphatic carbocycles. The van der Waals surface area contributed by atoms with Gasteiger partial charge in [0.1, 0.15) is 14.2 Å². The van der Waals surface area contributed by atoms with E-state index >= 15 is 0 Å². The van der Waals surface area contributed by atoms with E-state index in [-0.39, 0.29) is 56.1 Å². The van der Waals surface area contributed by atoms with Crippen LogP contribution in [0.25, 0.3) is 0 Å². The first-order valence-electron chi connectivity index (χ1n) is 22.1. The Kier molecular flexibility index (Phi) is 17.4. The standard InChI is InChI=1S/C24H26N4O6S2.C23H23ClN4O5S2/c1-34-21-4-2-3-19(15-21)26-18-11-13-27(14-12-18)36(32,33)23-10-9-22(35-23)16-25-24(29)17-5-7-20(8-6-17)28(30)31;24-17-2-1-3-19(14-17)26-18-10-12-27(13-11-18)35(32,33)22-9-8-21(34-22)15-25-23(29)16-4-6-20(7-5-16)28(30)31/h2-10,15,18,26H,11-14,16H2,1H3,(H,25,29);1-9,14,18,26H,10-13,15H2,(H,25,29). The van der Waals surface area contributed by atoms with Crippen LogP contribution in [0.5, 0.6) is 5.75 Å². The topological polar surface area (TPSA) is 253 Å². The van der Waals surface area contributed by atoms with Gasteiger partial charge in [0.05, 0.1) is 30.0 Å². The van der Waals surface area contributed by atoms with E-state index in [2.05, 4.69) is 21.3 Å². The number of rotatable bonds is 17. The van der Waals surface area contributed by atoms with Crippen molar-refractivity contribution in [3.63, 3.8) is 0 Å². The summed E-state index contributed by atoms with van der Waals surface area (Å²) >= 11 is 8.27. The van der Waals surface area contributed by atoms with Crippen molar-refractivity contribution in [3.05, 3.63) is 167 Å². The van der Waals surface area contributed by atoms with Crippen molar-refractivity contribution in [3.8, 4) is 5.75 Å². The van der Waals surface area contributed by atoms with Crippen LogP contribution in [0, 0.1) is 20.2 Å². The maximum atomic E-state index is 13.2. The van der Waals surface area contributed by atoms with Gasteiger partial charge >= 0.3 is 0 Å². The summed E-state index contributed by atoms with van der Waals surface area (Å²) in [7, 11) is -5.63. The van der Waals surface area contributed by atoms with E-state index in [1.54, 1.807) is 37.4 Å². The fourth-order valence-corrected chi connectivity index (χ4v) is 13.7. The second-order valence-corrected chi connectivity index (χ2v) is 23.4. The minimum absolute atomic E-state index is 0.0974. The number of nitro benzene ring substituents is 2. The summed E-state index contributed by atoms with van der Waals surface area (Å²) in [5, 5.41) is 34.4. The number of methoxy groups -OCH3 is 1. The van der Waals surface area contributed by atoms with E-state index in [9.17, 15) is 46.7 Å². The van der Waals surface area contributed by atoms with Gasteiger partial charge in [0.2, 0.25) is 0 Å². The molecule has 6 aromatic rings. The van der Waals surface area contributed by atoms with Gasteiger partial charge in [-0.1, -0.05) is 23.7 Å².